The Kier molecular flexibility index (Phi) is 8.65. The first kappa shape index (κ1) is 31.4. The molecule has 5 rings (SSSR count). The number of hydrogen-bond acceptors (Lipinski definition) is 15. The van der Waals surface area contributed by atoms with E-state index in [0.29, 0.717) is 5.56 Å². The van der Waals surface area contributed by atoms with Gasteiger partial charge in [0, 0.05) is 12.1 Å². The van der Waals surface area contributed by atoms with E-state index in [9.17, 15) is 60.3 Å². The minimum atomic E-state index is -1.95. The predicted molar refractivity (Wildman–Crippen MR) is 137 cm³/mol. The molecule has 0 aliphatic carbocycles. The van der Waals surface area contributed by atoms with Gasteiger partial charge in [0.1, 0.15) is 71.3 Å². The summed E-state index contributed by atoms with van der Waals surface area (Å²) in [6.07, 6.45) is -19.6. The fraction of sp³-hybridized carbons (Fsp3) is 0.444. The van der Waals surface area contributed by atoms with Gasteiger partial charge in [0.25, 0.3) is 0 Å². The van der Waals surface area contributed by atoms with Crippen molar-refractivity contribution in [2.24, 2.45) is 0 Å². The fourth-order valence-corrected chi connectivity index (χ4v) is 5.00. The van der Waals surface area contributed by atoms with Crippen LogP contribution in [0.5, 0.6) is 23.0 Å². The molecule has 3 aliphatic rings. The molecule has 1 unspecified atom stereocenters. The molecule has 0 saturated carbocycles. The summed E-state index contributed by atoms with van der Waals surface area (Å²) < 4.78 is 27.0. The Balaban J connectivity index is 1.30. The molecule has 9 N–H and O–H groups in total. The van der Waals surface area contributed by atoms with Crippen LogP contribution >= 0.6 is 0 Å². The van der Waals surface area contributed by atoms with E-state index in [4.69, 9.17) is 23.7 Å². The summed E-state index contributed by atoms with van der Waals surface area (Å²) in [5.41, 5.74) is 0.272. The van der Waals surface area contributed by atoms with Crippen LogP contribution in [0.4, 0.5) is 0 Å². The van der Waals surface area contributed by atoms with E-state index in [1.165, 1.54) is 30.3 Å². The summed E-state index contributed by atoms with van der Waals surface area (Å²) >= 11 is 0. The van der Waals surface area contributed by atoms with Crippen molar-refractivity contribution < 1.29 is 84.0 Å². The van der Waals surface area contributed by atoms with Crippen molar-refractivity contribution in [1.29, 1.82) is 0 Å². The van der Waals surface area contributed by atoms with E-state index in [1.807, 2.05) is 0 Å². The Morgan fingerprint density at radius 2 is 1.20 bits per heavy atom. The van der Waals surface area contributed by atoms with E-state index >= 15 is 0 Å². The van der Waals surface area contributed by atoms with Gasteiger partial charge in [-0.05, 0) is 17.7 Å². The van der Waals surface area contributed by atoms with Gasteiger partial charge >= 0.3 is 11.9 Å². The quantitative estimate of drug-likeness (QED) is 0.156. The summed E-state index contributed by atoms with van der Waals surface area (Å²) in [4.78, 5) is 35.6. The van der Waals surface area contributed by atoms with Crippen LogP contribution in [0.1, 0.15) is 28.4 Å². The number of Topliss-reactive ketones (excluding diaryl/α,β-unsaturated/α-hetero) is 1. The molecule has 17 heteroatoms. The summed E-state index contributed by atoms with van der Waals surface area (Å²) in [6.45, 7) is 0. The summed E-state index contributed by atoms with van der Waals surface area (Å²) in [5.74, 6) is -4.55. The first-order valence-electron chi connectivity index (χ1n) is 13.1. The number of benzene rings is 2. The van der Waals surface area contributed by atoms with E-state index in [0.717, 1.165) is 6.07 Å². The van der Waals surface area contributed by atoms with Crippen molar-refractivity contribution in [3.05, 3.63) is 47.5 Å². The standard InChI is InChI=1S/C27H28O17/c28-11-5-10(41-27-21(35)17(31)19(33)23(44-27)25(38)39)6-14-15(11)12(29)7-13(42-14)8-1-3-9(4-2-8)40-26-20(34)16(30)18(32)22(43-26)24(36)37/h1-6,13,16-23,26-28,30-35H,7H2,(H,36,37)(H,38,39)/t13?,16-,17-,18-,19-,20+,21+,22-,23-,26+,27+/m0/s1. The predicted octanol–water partition coefficient (Wildman–Crippen LogP) is -2.36. The number of carboxylic acid groups (broad SMARTS) is 2. The first-order valence-corrected chi connectivity index (χ1v) is 13.1. The molecule has 0 amide bonds. The molecule has 2 aromatic rings. The van der Waals surface area contributed by atoms with Crippen molar-refractivity contribution in [2.45, 2.75) is 73.9 Å². The van der Waals surface area contributed by atoms with Crippen molar-refractivity contribution in [3.63, 3.8) is 0 Å². The number of hydrogen-bond donors (Lipinski definition) is 9. The van der Waals surface area contributed by atoms with Gasteiger partial charge in [-0.1, -0.05) is 12.1 Å². The molecule has 17 nitrogen and oxygen atoms in total. The van der Waals surface area contributed by atoms with Crippen molar-refractivity contribution in [3.8, 4) is 23.0 Å². The molecular weight excluding hydrogens is 596 g/mol. The number of aliphatic hydroxyl groups is 6. The van der Waals surface area contributed by atoms with Crippen LogP contribution in [0.3, 0.4) is 0 Å². The number of carbonyl (C=O) groups excluding carboxylic acids is 1. The van der Waals surface area contributed by atoms with Crippen LogP contribution in [-0.2, 0) is 19.1 Å². The average molecular weight is 625 g/mol. The number of rotatable bonds is 7. The summed E-state index contributed by atoms with van der Waals surface area (Å²) in [6, 6.07) is 7.93. The number of aliphatic hydroxyl groups excluding tert-OH is 6. The zero-order valence-electron chi connectivity index (χ0n) is 22.3. The van der Waals surface area contributed by atoms with Gasteiger partial charge in [0.15, 0.2) is 18.0 Å². The Hall–Kier alpha value is -4.07. The number of ether oxygens (including phenoxy) is 5. The van der Waals surface area contributed by atoms with E-state index < -0.39 is 91.0 Å². The van der Waals surface area contributed by atoms with Crippen LogP contribution in [0.25, 0.3) is 0 Å². The first-order chi connectivity index (χ1) is 20.8. The highest BCUT2D eigenvalue weighted by molar-refractivity contribution is 6.02. The molecule has 44 heavy (non-hydrogen) atoms. The van der Waals surface area contributed by atoms with Crippen LogP contribution in [0.2, 0.25) is 0 Å². The molecule has 3 heterocycles. The smallest absolute Gasteiger partial charge is 0.335 e. The number of fused-ring (bicyclic) bond motifs is 1. The Bertz CT molecular complexity index is 1410. The van der Waals surface area contributed by atoms with Crippen molar-refractivity contribution in [1.82, 2.24) is 0 Å². The third kappa shape index (κ3) is 5.86. The molecule has 2 saturated heterocycles. The third-order valence-corrected chi connectivity index (χ3v) is 7.36. The van der Waals surface area contributed by atoms with Gasteiger partial charge in [0.2, 0.25) is 12.6 Å². The van der Waals surface area contributed by atoms with Crippen LogP contribution in [0.15, 0.2) is 36.4 Å². The lowest BCUT2D eigenvalue weighted by Crippen LogP contribution is -2.61. The van der Waals surface area contributed by atoms with Crippen LogP contribution in [0, 0.1) is 0 Å². The molecular formula is C27H28O17. The van der Waals surface area contributed by atoms with Crippen molar-refractivity contribution in [2.75, 3.05) is 0 Å². The van der Waals surface area contributed by atoms with Gasteiger partial charge < -0.3 is 69.6 Å². The van der Waals surface area contributed by atoms with Crippen molar-refractivity contribution >= 4 is 17.7 Å². The maximum absolute atomic E-state index is 12.9. The lowest BCUT2D eigenvalue weighted by Gasteiger charge is -2.38. The second-order valence-electron chi connectivity index (χ2n) is 10.3. The molecule has 0 aromatic heterocycles. The highest BCUT2D eigenvalue weighted by atomic mass is 16.7. The Labute approximate surface area is 246 Å². The van der Waals surface area contributed by atoms with Gasteiger partial charge in [-0.25, -0.2) is 9.59 Å². The third-order valence-electron chi connectivity index (χ3n) is 7.36. The van der Waals surface area contributed by atoms with Gasteiger partial charge in [-0.2, -0.15) is 0 Å². The van der Waals surface area contributed by atoms with Gasteiger partial charge in [-0.3, -0.25) is 4.79 Å². The normalized spacial score (nSPS) is 35.2. The monoisotopic (exact) mass is 624 g/mol. The van der Waals surface area contributed by atoms with E-state index in [-0.39, 0.29) is 29.2 Å². The maximum Gasteiger partial charge on any atom is 0.335 e. The minimum absolute atomic E-state index is 0.0689. The fourth-order valence-electron chi connectivity index (χ4n) is 5.00. The summed E-state index contributed by atoms with van der Waals surface area (Å²) in [7, 11) is 0. The zero-order valence-corrected chi connectivity index (χ0v) is 22.3. The molecule has 2 fully saturated rings. The van der Waals surface area contributed by atoms with Gasteiger partial charge in [-0.15, -0.1) is 0 Å². The van der Waals surface area contributed by atoms with E-state index in [2.05, 4.69) is 0 Å². The molecule has 11 atom stereocenters. The lowest BCUT2D eigenvalue weighted by molar-refractivity contribution is -0.271. The highest BCUT2D eigenvalue weighted by Gasteiger charge is 2.49. The second-order valence-corrected chi connectivity index (χ2v) is 10.3. The zero-order chi connectivity index (χ0) is 32.0. The molecule has 2 aromatic carbocycles. The Morgan fingerprint density at radius 3 is 1.70 bits per heavy atom. The largest absolute Gasteiger partial charge is 0.507 e. The topological polar surface area (TPSA) is 279 Å². The SMILES string of the molecule is O=C1CC(c2ccc(O[C@@H]3O[C@H](C(=O)O)[C@@H](O)[C@H](O)[C@H]3O)cc2)Oc2cc(O[C@@H]3O[C@H](C(=O)O)[C@@H](O)[C@H](O)[C@H]3O)cc(O)c21. The number of aliphatic carboxylic acids is 2. The molecule has 0 spiro atoms. The van der Waals surface area contributed by atoms with Crippen LogP contribution in [-0.4, -0.2) is 125 Å². The molecule has 0 radical (unpaired) electrons. The lowest BCUT2D eigenvalue weighted by atomic mass is 9.95. The number of phenolic OH excluding ortho intramolecular Hbond substituents is 1. The number of carboxylic acids is 2. The number of phenols is 1. The Morgan fingerprint density at radius 1 is 0.705 bits per heavy atom. The van der Waals surface area contributed by atoms with E-state index in [1.54, 1.807) is 0 Å². The van der Waals surface area contributed by atoms with Crippen LogP contribution < -0.4 is 14.2 Å². The minimum Gasteiger partial charge on any atom is -0.507 e. The summed E-state index contributed by atoms with van der Waals surface area (Å²) in [5, 5.41) is 89.0. The number of aromatic hydroxyl groups is 1. The molecule has 3 aliphatic heterocycles. The van der Waals surface area contributed by atoms with Gasteiger partial charge in [0.05, 0.1) is 6.42 Å². The maximum atomic E-state index is 12.9. The highest BCUT2D eigenvalue weighted by Crippen LogP contribution is 2.43. The average Bonchev–Trinajstić information content (AvgIpc) is 2.97. The number of carbonyl (C=O) groups is 3. The second kappa shape index (κ2) is 12.1. The number of ketones is 1. The molecule has 238 valence electrons. The molecule has 0 bridgehead atoms.